The maximum atomic E-state index is 12.4. The van der Waals surface area contributed by atoms with Gasteiger partial charge < -0.3 is 10.0 Å². The Balaban J connectivity index is 2.08. The second kappa shape index (κ2) is 7.72. The molecule has 1 N–H and O–H groups in total. The molecule has 2 amide bonds. The quantitative estimate of drug-likeness (QED) is 0.852. The van der Waals surface area contributed by atoms with Crippen molar-refractivity contribution in [3.63, 3.8) is 0 Å². The number of nitrogens with zero attached hydrogens (tertiary/aromatic N) is 3. The maximum absolute atomic E-state index is 12.4. The number of hydrogen-bond donors (Lipinski definition) is 1. The monoisotopic (exact) mass is 331 g/mol. The van der Waals surface area contributed by atoms with Gasteiger partial charge in [0.25, 0.3) is 5.91 Å². The third kappa shape index (κ3) is 4.41. The van der Waals surface area contributed by atoms with E-state index in [-0.39, 0.29) is 36.9 Å². The molecule has 0 saturated carbocycles. The van der Waals surface area contributed by atoms with Gasteiger partial charge in [-0.15, -0.1) is 0 Å². The van der Waals surface area contributed by atoms with Gasteiger partial charge in [0.2, 0.25) is 5.91 Å². The van der Waals surface area contributed by atoms with Crippen LogP contribution in [0.2, 0.25) is 0 Å². The van der Waals surface area contributed by atoms with Crippen molar-refractivity contribution < 1.29 is 19.5 Å². The normalized spacial score (nSPS) is 15.7. The zero-order chi connectivity index (χ0) is 17.7. The third-order valence-electron chi connectivity index (χ3n) is 3.84. The Bertz CT molecular complexity index is 657. The molecule has 2 rings (SSSR count). The van der Waals surface area contributed by atoms with Crippen LogP contribution in [0.25, 0.3) is 0 Å². The van der Waals surface area contributed by atoms with E-state index in [1.54, 1.807) is 14.0 Å². The van der Waals surface area contributed by atoms with Crippen LogP contribution in [0.4, 0.5) is 0 Å². The van der Waals surface area contributed by atoms with E-state index in [1.165, 1.54) is 9.91 Å². The highest BCUT2D eigenvalue weighted by Gasteiger charge is 2.27. The van der Waals surface area contributed by atoms with E-state index < -0.39 is 11.9 Å². The molecule has 7 heteroatoms. The summed E-state index contributed by atoms with van der Waals surface area (Å²) >= 11 is 0. The number of carbonyl (C=O) groups is 3. The molecule has 1 atom stereocenters. The van der Waals surface area contributed by atoms with Crippen molar-refractivity contribution in [2.24, 2.45) is 11.0 Å². The smallest absolute Gasteiger partial charge is 0.308 e. The van der Waals surface area contributed by atoms with E-state index >= 15 is 0 Å². The van der Waals surface area contributed by atoms with Gasteiger partial charge in [-0.2, -0.15) is 5.10 Å². The zero-order valence-corrected chi connectivity index (χ0v) is 13.8. The Morgan fingerprint density at radius 2 is 1.96 bits per heavy atom. The van der Waals surface area contributed by atoms with Crippen molar-refractivity contribution >= 4 is 23.5 Å². The fraction of sp³-hybridized carbons (Fsp3) is 0.412. The van der Waals surface area contributed by atoms with Gasteiger partial charge in [-0.05, 0) is 5.56 Å². The average Bonchev–Trinajstić information content (AvgIpc) is 2.57. The Hall–Kier alpha value is -2.70. The van der Waals surface area contributed by atoms with E-state index in [2.05, 4.69) is 5.10 Å². The van der Waals surface area contributed by atoms with Crippen LogP contribution in [0.3, 0.4) is 0 Å². The lowest BCUT2D eigenvalue weighted by Crippen LogP contribution is -2.41. The molecule has 0 fully saturated rings. The second-order valence-corrected chi connectivity index (χ2v) is 5.91. The van der Waals surface area contributed by atoms with Crippen molar-refractivity contribution in [1.82, 2.24) is 9.91 Å². The van der Waals surface area contributed by atoms with Gasteiger partial charge in [0, 0.05) is 26.4 Å². The van der Waals surface area contributed by atoms with Crippen LogP contribution < -0.4 is 0 Å². The molecule has 0 saturated heterocycles. The lowest BCUT2D eigenvalue weighted by atomic mass is 10.1. The van der Waals surface area contributed by atoms with E-state index in [0.29, 0.717) is 6.54 Å². The molecular formula is C17H21N3O4. The number of amides is 2. The number of carboxylic acid groups (broad SMARTS) is 1. The molecule has 0 bridgehead atoms. The Labute approximate surface area is 140 Å². The van der Waals surface area contributed by atoms with Crippen molar-refractivity contribution in [2.75, 3.05) is 13.6 Å². The largest absolute Gasteiger partial charge is 0.481 e. The van der Waals surface area contributed by atoms with Crippen LogP contribution in [0.15, 0.2) is 35.4 Å². The number of carboxylic acids is 1. The maximum Gasteiger partial charge on any atom is 0.308 e. The highest BCUT2D eigenvalue weighted by molar-refractivity contribution is 6.39. The van der Waals surface area contributed by atoms with Crippen LogP contribution in [-0.2, 0) is 20.9 Å². The van der Waals surface area contributed by atoms with Crippen molar-refractivity contribution in [3.8, 4) is 0 Å². The van der Waals surface area contributed by atoms with Crippen LogP contribution in [-0.4, -0.2) is 52.1 Å². The Morgan fingerprint density at radius 3 is 2.58 bits per heavy atom. The summed E-state index contributed by atoms with van der Waals surface area (Å²) < 4.78 is 0. The Morgan fingerprint density at radius 1 is 1.29 bits per heavy atom. The standard InChI is InChI=1S/C17H21N3O4/c1-12(17(23)24)10-19(2)16(22)14-8-9-15(21)20(18-14)11-13-6-4-3-5-7-13/h3-7,12H,8-11H2,1-2H3,(H,23,24). The van der Waals surface area contributed by atoms with Gasteiger partial charge in [0.1, 0.15) is 5.71 Å². The summed E-state index contributed by atoms with van der Waals surface area (Å²) in [5.74, 6) is -2.09. The van der Waals surface area contributed by atoms with Crippen molar-refractivity contribution in [2.45, 2.75) is 26.3 Å². The van der Waals surface area contributed by atoms with Crippen LogP contribution in [0.5, 0.6) is 0 Å². The first-order chi connectivity index (χ1) is 11.4. The first-order valence-corrected chi connectivity index (χ1v) is 7.78. The molecule has 24 heavy (non-hydrogen) atoms. The van der Waals surface area contributed by atoms with Crippen LogP contribution >= 0.6 is 0 Å². The number of rotatable bonds is 6. The molecule has 0 aliphatic carbocycles. The van der Waals surface area contributed by atoms with Gasteiger partial charge >= 0.3 is 5.97 Å². The van der Waals surface area contributed by atoms with Crippen molar-refractivity contribution in [1.29, 1.82) is 0 Å². The number of aliphatic carboxylic acids is 1. The van der Waals surface area contributed by atoms with E-state index in [1.807, 2.05) is 30.3 Å². The minimum Gasteiger partial charge on any atom is -0.481 e. The van der Waals surface area contributed by atoms with E-state index in [4.69, 9.17) is 5.11 Å². The van der Waals surface area contributed by atoms with Gasteiger partial charge in [-0.3, -0.25) is 14.4 Å². The van der Waals surface area contributed by atoms with Gasteiger partial charge in [0.15, 0.2) is 0 Å². The fourth-order valence-electron chi connectivity index (χ4n) is 2.43. The van der Waals surface area contributed by atoms with E-state index in [0.717, 1.165) is 5.56 Å². The first kappa shape index (κ1) is 17.7. The molecule has 1 aliphatic heterocycles. The summed E-state index contributed by atoms with van der Waals surface area (Å²) in [5.41, 5.74) is 1.21. The summed E-state index contributed by atoms with van der Waals surface area (Å²) in [5, 5.41) is 14.4. The molecule has 128 valence electrons. The van der Waals surface area contributed by atoms with Gasteiger partial charge in [-0.25, -0.2) is 5.01 Å². The van der Waals surface area contributed by atoms with Crippen LogP contribution in [0.1, 0.15) is 25.3 Å². The minimum atomic E-state index is -0.957. The fourth-order valence-corrected chi connectivity index (χ4v) is 2.43. The third-order valence-corrected chi connectivity index (χ3v) is 3.84. The number of hydrazone groups is 1. The number of hydrogen-bond acceptors (Lipinski definition) is 4. The van der Waals surface area contributed by atoms with Gasteiger partial charge in [0.05, 0.1) is 12.5 Å². The molecule has 1 aromatic rings. The van der Waals surface area contributed by atoms with Crippen LogP contribution in [0, 0.1) is 5.92 Å². The Kier molecular flexibility index (Phi) is 5.68. The highest BCUT2D eigenvalue weighted by atomic mass is 16.4. The molecule has 0 aromatic heterocycles. The first-order valence-electron chi connectivity index (χ1n) is 7.78. The summed E-state index contributed by atoms with van der Waals surface area (Å²) in [7, 11) is 1.54. The zero-order valence-electron chi connectivity index (χ0n) is 13.8. The lowest BCUT2D eigenvalue weighted by Gasteiger charge is -2.26. The second-order valence-electron chi connectivity index (χ2n) is 5.91. The summed E-state index contributed by atoms with van der Waals surface area (Å²) in [6.07, 6.45) is 0.495. The molecule has 7 nitrogen and oxygen atoms in total. The predicted molar refractivity (Wildman–Crippen MR) is 88.1 cm³/mol. The summed E-state index contributed by atoms with van der Waals surface area (Å²) in [4.78, 5) is 36.7. The van der Waals surface area contributed by atoms with Gasteiger partial charge in [-0.1, -0.05) is 37.3 Å². The topological polar surface area (TPSA) is 90.3 Å². The number of carbonyl (C=O) groups excluding carboxylic acids is 2. The molecular weight excluding hydrogens is 310 g/mol. The molecule has 1 heterocycles. The molecule has 1 aromatic carbocycles. The van der Waals surface area contributed by atoms with E-state index in [9.17, 15) is 14.4 Å². The molecule has 1 unspecified atom stereocenters. The molecule has 1 aliphatic rings. The summed E-state index contributed by atoms with van der Waals surface area (Å²) in [6.45, 7) is 1.95. The molecule has 0 radical (unpaired) electrons. The summed E-state index contributed by atoms with van der Waals surface area (Å²) in [6, 6.07) is 9.42. The minimum absolute atomic E-state index is 0.0970. The lowest BCUT2D eigenvalue weighted by molar-refractivity contribution is -0.142. The van der Waals surface area contributed by atoms with Crippen molar-refractivity contribution in [3.05, 3.63) is 35.9 Å². The average molecular weight is 331 g/mol. The molecule has 0 spiro atoms. The predicted octanol–water partition coefficient (Wildman–Crippen LogP) is 1.34. The number of benzene rings is 1. The highest BCUT2D eigenvalue weighted by Crippen LogP contribution is 2.15. The SMILES string of the molecule is CC(CN(C)C(=O)C1=NN(Cc2ccccc2)C(=O)CC1)C(=O)O.